The van der Waals surface area contributed by atoms with E-state index in [0.29, 0.717) is 0 Å². The Morgan fingerprint density at radius 1 is 1.27 bits per heavy atom. The summed E-state index contributed by atoms with van der Waals surface area (Å²) in [6.07, 6.45) is 0.828. The Labute approximate surface area is 88.6 Å². The molecule has 2 rings (SSSR count). The Hall–Kier alpha value is -1.65. The van der Waals surface area contributed by atoms with Crippen molar-refractivity contribution in [1.82, 2.24) is 19.5 Å². The lowest BCUT2D eigenvalue weighted by molar-refractivity contribution is 0.860. The van der Waals surface area contributed by atoms with Crippen molar-refractivity contribution >= 4 is 17.0 Å². The first-order chi connectivity index (χ1) is 7.17. The first kappa shape index (κ1) is 9.89. The third-order valence-electron chi connectivity index (χ3n) is 2.54. The van der Waals surface area contributed by atoms with E-state index in [2.05, 4.69) is 20.3 Å². The van der Waals surface area contributed by atoms with Gasteiger partial charge < -0.3 is 9.88 Å². The minimum absolute atomic E-state index is 0.806. The predicted molar refractivity (Wildman–Crippen MR) is 60.0 cm³/mol. The Morgan fingerprint density at radius 3 is 2.60 bits per heavy atom. The van der Waals surface area contributed by atoms with Gasteiger partial charge in [0.25, 0.3) is 0 Å². The molecular weight excluding hydrogens is 190 g/mol. The number of aromatic nitrogens is 4. The standard InChI is InChI=1S/C10H15N5/c1-5-7-13-9(11-3)8-10(14-7)15(4)6(2)12-8/h5H2,1-4H3,(H,11,13,14). The number of hydrogen-bond donors (Lipinski definition) is 1. The molecule has 0 aliphatic rings. The average molecular weight is 205 g/mol. The van der Waals surface area contributed by atoms with Gasteiger partial charge in [-0.15, -0.1) is 0 Å². The van der Waals surface area contributed by atoms with Crippen molar-refractivity contribution in [2.45, 2.75) is 20.3 Å². The van der Waals surface area contributed by atoms with Crippen molar-refractivity contribution in [1.29, 1.82) is 0 Å². The molecule has 2 heterocycles. The van der Waals surface area contributed by atoms with Crippen molar-refractivity contribution in [2.24, 2.45) is 7.05 Å². The Balaban J connectivity index is 2.80. The van der Waals surface area contributed by atoms with Gasteiger partial charge in [0.1, 0.15) is 11.6 Å². The maximum Gasteiger partial charge on any atom is 0.165 e. The largest absolute Gasteiger partial charge is 0.371 e. The van der Waals surface area contributed by atoms with Crippen LogP contribution in [-0.2, 0) is 13.5 Å². The lowest BCUT2D eigenvalue weighted by Crippen LogP contribution is -2.02. The van der Waals surface area contributed by atoms with E-state index in [1.54, 1.807) is 0 Å². The van der Waals surface area contributed by atoms with Gasteiger partial charge in [-0.05, 0) is 6.92 Å². The van der Waals surface area contributed by atoms with Crippen LogP contribution in [0.15, 0.2) is 0 Å². The van der Waals surface area contributed by atoms with Gasteiger partial charge in [-0.2, -0.15) is 0 Å². The molecule has 2 aromatic rings. The highest BCUT2D eigenvalue weighted by Gasteiger charge is 2.12. The van der Waals surface area contributed by atoms with Crippen LogP contribution in [0.2, 0.25) is 0 Å². The molecular formula is C10H15N5. The molecule has 0 spiro atoms. The number of aryl methyl sites for hydroxylation is 3. The summed E-state index contributed by atoms with van der Waals surface area (Å²) < 4.78 is 1.98. The lowest BCUT2D eigenvalue weighted by Gasteiger charge is -2.03. The van der Waals surface area contributed by atoms with Gasteiger partial charge in [0.15, 0.2) is 17.0 Å². The summed E-state index contributed by atoms with van der Waals surface area (Å²) in [7, 11) is 3.82. The second-order valence-corrected chi connectivity index (χ2v) is 3.48. The van der Waals surface area contributed by atoms with Gasteiger partial charge >= 0.3 is 0 Å². The molecule has 0 aliphatic carbocycles. The fraction of sp³-hybridized carbons (Fsp3) is 0.500. The first-order valence-electron chi connectivity index (χ1n) is 5.05. The van der Waals surface area contributed by atoms with E-state index in [9.17, 15) is 0 Å². The second-order valence-electron chi connectivity index (χ2n) is 3.48. The van der Waals surface area contributed by atoms with E-state index in [1.807, 2.05) is 32.5 Å². The zero-order chi connectivity index (χ0) is 11.0. The molecule has 15 heavy (non-hydrogen) atoms. The van der Waals surface area contributed by atoms with Crippen molar-refractivity contribution in [3.63, 3.8) is 0 Å². The number of nitrogens with zero attached hydrogens (tertiary/aromatic N) is 4. The van der Waals surface area contributed by atoms with E-state index < -0.39 is 0 Å². The number of nitrogens with one attached hydrogen (secondary N) is 1. The van der Waals surface area contributed by atoms with Crippen LogP contribution in [0.1, 0.15) is 18.6 Å². The molecule has 0 bridgehead atoms. The maximum atomic E-state index is 4.47. The van der Waals surface area contributed by atoms with Gasteiger partial charge in [0.2, 0.25) is 0 Å². The summed E-state index contributed by atoms with van der Waals surface area (Å²) in [6, 6.07) is 0. The van der Waals surface area contributed by atoms with Crippen LogP contribution in [0.25, 0.3) is 11.2 Å². The molecule has 5 heteroatoms. The fourth-order valence-electron chi connectivity index (χ4n) is 1.55. The van der Waals surface area contributed by atoms with Crippen LogP contribution in [0.4, 0.5) is 5.82 Å². The fourth-order valence-corrected chi connectivity index (χ4v) is 1.55. The topological polar surface area (TPSA) is 55.6 Å². The van der Waals surface area contributed by atoms with Crippen molar-refractivity contribution in [3.05, 3.63) is 11.6 Å². The van der Waals surface area contributed by atoms with Crippen molar-refractivity contribution in [3.8, 4) is 0 Å². The zero-order valence-electron chi connectivity index (χ0n) is 9.50. The second kappa shape index (κ2) is 3.49. The Morgan fingerprint density at radius 2 is 2.00 bits per heavy atom. The molecule has 0 saturated heterocycles. The van der Waals surface area contributed by atoms with E-state index in [0.717, 1.165) is 35.1 Å². The summed E-state index contributed by atoms with van der Waals surface area (Å²) in [5.41, 5.74) is 1.73. The molecule has 0 amide bonds. The molecule has 0 saturated carbocycles. The van der Waals surface area contributed by atoms with Gasteiger partial charge in [-0.3, -0.25) is 0 Å². The highest BCUT2D eigenvalue weighted by Crippen LogP contribution is 2.19. The number of rotatable bonds is 2. The summed E-state index contributed by atoms with van der Waals surface area (Å²) in [5.74, 6) is 2.60. The van der Waals surface area contributed by atoms with Crippen LogP contribution in [0.5, 0.6) is 0 Å². The monoisotopic (exact) mass is 205 g/mol. The van der Waals surface area contributed by atoms with Crippen molar-refractivity contribution in [2.75, 3.05) is 12.4 Å². The third kappa shape index (κ3) is 1.44. The molecule has 0 radical (unpaired) electrons. The average Bonchev–Trinajstić information content (AvgIpc) is 2.54. The molecule has 0 fully saturated rings. The number of fused-ring (bicyclic) bond motifs is 1. The SMILES string of the molecule is CCc1nc(NC)c2nc(C)n(C)c2n1. The predicted octanol–water partition coefficient (Wildman–Crippen LogP) is 1.28. The zero-order valence-corrected chi connectivity index (χ0v) is 9.50. The van der Waals surface area contributed by atoms with Crippen LogP contribution in [-0.4, -0.2) is 26.6 Å². The van der Waals surface area contributed by atoms with Gasteiger partial charge in [-0.1, -0.05) is 6.92 Å². The van der Waals surface area contributed by atoms with Gasteiger partial charge in [0.05, 0.1) is 0 Å². The molecule has 0 aromatic carbocycles. The smallest absolute Gasteiger partial charge is 0.165 e. The summed E-state index contributed by atoms with van der Waals surface area (Å²) in [6.45, 7) is 4.01. The molecule has 80 valence electrons. The molecule has 0 atom stereocenters. The van der Waals surface area contributed by atoms with Crippen LogP contribution >= 0.6 is 0 Å². The van der Waals surface area contributed by atoms with Crippen LogP contribution < -0.4 is 5.32 Å². The number of hydrogen-bond acceptors (Lipinski definition) is 4. The minimum Gasteiger partial charge on any atom is -0.371 e. The number of imidazole rings is 1. The molecule has 5 nitrogen and oxygen atoms in total. The normalized spacial score (nSPS) is 10.9. The summed E-state index contributed by atoms with van der Waals surface area (Å²) in [5, 5.41) is 3.06. The Bertz CT molecular complexity index is 500. The van der Waals surface area contributed by atoms with E-state index in [-0.39, 0.29) is 0 Å². The Kier molecular flexibility index (Phi) is 2.30. The third-order valence-corrected chi connectivity index (χ3v) is 2.54. The molecule has 1 N–H and O–H groups in total. The van der Waals surface area contributed by atoms with E-state index in [1.165, 1.54) is 0 Å². The minimum atomic E-state index is 0.806. The van der Waals surface area contributed by atoms with Crippen LogP contribution in [0, 0.1) is 6.92 Å². The molecule has 0 unspecified atom stereocenters. The lowest BCUT2D eigenvalue weighted by atomic mass is 10.4. The maximum absolute atomic E-state index is 4.47. The molecule has 0 aliphatic heterocycles. The summed E-state index contributed by atoms with van der Waals surface area (Å²) >= 11 is 0. The first-order valence-corrected chi connectivity index (χ1v) is 5.05. The van der Waals surface area contributed by atoms with Gasteiger partial charge in [-0.25, -0.2) is 15.0 Å². The van der Waals surface area contributed by atoms with Gasteiger partial charge in [0, 0.05) is 20.5 Å². The quantitative estimate of drug-likeness (QED) is 0.802. The van der Waals surface area contributed by atoms with Crippen LogP contribution in [0.3, 0.4) is 0 Å². The molecule has 2 aromatic heterocycles. The highest BCUT2D eigenvalue weighted by molar-refractivity contribution is 5.83. The number of anilines is 1. The van der Waals surface area contributed by atoms with E-state index >= 15 is 0 Å². The van der Waals surface area contributed by atoms with Crippen molar-refractivity contribution < 1.29 is 0 Å². The highest BCUT2D eigenvalue weighted by atomic mass is 15.2. The van der Waals surface area contributed by atoms with E-state index in [4.69, 9.17) is 0 Å². The summed E-state index contributed by atoms with van der Waals surface area (Å²) in [4.78, 5) is 13.3.